The summed E-state index contributed by atoms with van der Waals surface area (Å²) in [5.41, 5.74) is 0.510. The maximum atomic E-state index is 12.5. The fourth-order valence-electron chi connectivity index (χ4n) is 2.15. The van der Waals surface area contributed by atoms with Crippen molar-refractivity contribution < 1.29 is 4.79 Å². The molecule has 1 amide bonds. The Morgan fingerprint density at radius 3 is 2.89 bits per heavy atom. The number of hydrogen-bond acceptors (Lipinski definition) is 2. The smallest absolute Gasteiger partial charge is 0.255 e. The fourth-order valence-corrected chi connectivity index (χ4v) is 2.71. The van der Waals surface area contributed by atoms with E-state index in [1.807, 2.05) is 11.0 Å². The van der Waals surface area contributed by atoms with Gasteiger partial charge >= 0.3 is 0 Å². The molecular weight excluding hydrogens is 316 g/mol. The molecule has 0 aromatic heterocycles. The molecule has 1 heterocycles. The van der Waals surface area contributed by atoms with E-state index in [1.54, 1.807) is 12.1 Å². The molecule has 1 saturated heterocycles. The highest BCUT2D eigenvalue weighted by Gasteiger charge is 2.29. The zero-order chi connectivity index (χ0) is 13.3. The van der Waals surface area contributed by atoms with Gasteiger partial charge in [-0.1, -0.05) is 27.5 Å². The molecule has 2 rings (SSSR count). The largest absolute Gasteiger partial charge is 0.335 e. The molecule has 0 spiro atoms. The van der Waals surface area contributed by atoms with Crippen molar-refractivity contribution in [3.05, 3.63) is 33.3 Å². The second-order valence-corrected chi connectivity index (χ2v) is 6.48. The predicted molar refractivity (Wildman–Crippen MR) is 77.1 cm³/mol. The normalized spacial score (nSPS) is 18.8. The summed E-state index contributed by atoms with van der Waals surface area (Å²) in [6.07, 6.45) is 0. The average Bonchev–Trinajstić information content (AvgIpc) is 2.30. The summed E-state index contributed by atoms with van der Waals surface area (Å²) in [7, 11) is 0. The Morgan fingerprint density at radius 1 is 1.50 bits per heavy atom. The average molecular weight is 332 g/mol. The van der Waals surface area contributed by atoms with Crippen LogP contribution in [0.25, 0.3) is 0 Å². The molecule has 1 aromatic rings. The quantitative estimate of drug-likeness (QED) is 0.858. The highest BCUT2D eigenvalue weighted by molar-refractivity contribution is 9.10. The lowest BCUT2D eigenvalue weighted by Crippen LogP contribution is -2.58. The van der Waals surface area contributed by atoms with Gasteiger partial charge in [-0.25, -0.2) is 0 Å². The van der Waals surface area contributed by atoms with Crippen molar-refractivity contribution in [2.45, 2.75) is 19.4 Å². The molecule has 1 aromatic carbocycles. The molecule has 0 aliphatic carbocycles. The first-order valence-corrected chi connectivity index (χ1v) is 7.05. The predicted octanol–water partition coefficient (Wildman–Crippen LogP) is 2.93. The molecule has 0 saturated carbocycles. The molecule has 1 aliphatic rings. The number of hydrogen-bond donors (Lipinski definition) is 1. The minimum Gasteiger partial charge on any atom is -0.335 e. The highest BCUT2D eigenvalue weighted by atomic mass is 79.9. The number of benzene rings is 1. The molecule has 0 radical (unpaired) electrons. The number of nitrogens with one attached hydrogen (secondary N) is 1. The lowest BCUT2D eigenvalue weighted by Gasteiger charge is -2.39. The van der Waals surface area contributed by atoms with Crippen LogP contribution in [-0.2, 0) is 0 Å². The van der Waals surface area contributed by atoms with E-state index in [-0.39, 0.29) is 11.4 Å². The molecule has 0 atom stereocenters. The molecular formula is C13H16BrClN2O. The third-order valence-corrected chi connectivity index (χ3v) is 3.84. The van der Waals surface area contributed by atoms with Gasteiger partial charge in [0.15, 0.2) is 0 Å². The van der Waals surface area contributed by atoms with E-state index < -0.39 is 0 Å². The van der Waals surface area contributed by atoms with Crippen molar-refractivity contribution in [1.82, 2.24) is 10.2 Å². The monoisotopic (exact) mass is 330 g/mol. The van der Waals surface area contributed by atoms with Gasteiger partial charge in [-0.3, -0.25) is 4.79 Å². The van der Waals surface area contributed by atoms with E-state index in [0.29, 0.717) is 23.7 Å². The van der Waals surface area contributed by atoms with Gasteiger partial charge in [0.2, 0.25) is 0 Å². The van der Waals surface area contributed by atoms with Crippen LogP contribution in [0.4, 0.5) is 0 Å². The maximum Gasteiger partial charge on any atom is 0.255 e. The molecule has 0 unspecified atom stereocenters. The van der Waals surface area contributed by atoms with Crippen LogP contribution in [-0.4, -0.2) is 36.0 Å². The van der Waals surface area contributed by atoms with E-state index >= 15 is 0 Å². The van der Waals surface area contributed by atoms with Crippen LogP contribution in [0, 0.1) is 0 Å². The Labute approximate surface area is 121 Å². The lowest BCUT2D eigenvalue weighted by molar-refractivity contribution is 0.0652. The summed E-state index contributed by atoms with van der Waals surface area (Å²) < 4.78 is 0.865. The van der Waals surface area contributed by atoms with Gasteiger partial charge in [0, 0.05) is 29.6 Å². The number of nitrogens with zero attached hydrogens (tertiary/aromatic N) is 1. The molecule has 3 nitrogen and oxygen atoms in total. The third-order valence-electron chi connectivity index (χ3n) is 3.02. The number of rotatable bonds is 1. The summed E-state index contributed by atoms with van der Waals surface area (Å²) in [6.45, 7) is 6.40. The van der Waals surface area contributed by atoms with Crippen molar-refractivity contribution in [3.63, 3.8) is 0 Å². The Kier molecular flexibility index (Phi) is 3.99. The van der Waals surface area contributed by atoms with Crippen molar-refractivity contribution in [2.75, 3.05) is 19.6 Å². The number of halogens is 2. The minimum absolute atomic E-state index is 0.00382. The first kappa shape index (κ1) is 13.8. The van der Waals surface area contributed by atoms with Crippen LogP contribution < -0.4 is 5.32 Å². The fraction of sp³-hybridized carbons (Fsp3) is 0.462. The summed E-state index contributed by atoms with van der Waals surface area (Å²) >= 11 is 9.47. The minimum atomic E-state index is -0.0492. The maximum absolute atomic E-state index is 12.5. The van der Waals surface area contributed by atoms with Crippen molar-refractivity contribution in [1.29, 1.82) is 0 Å². The zero-order valence-electron chi connectivity index (χ0n) is 10.5. The molecule has 1 aliphatic heterocycles. The van der Waals surface area contributed by atoms with Gasteiger partial charge in [-0.2, -0.15) is 0 Å². The summed E-state index contributed by atoms with van der Waals surface area (Å²) in [5.74, 6) is -0.00382. The van der Waals surface area contributed by atoms with E-state index in [4.69, 9.17) is 11.6 Å². The highest BCUT2D eigenvalue weighted by Crippen LogP contribution is 2.23. The van der Waals surface area contributed by atoms with Crippen molar-refractivity contribution >= 4 is 33.4 Å². The molecule has 18 heavy (non-hydrogen) atoms. The first-order valence-electron chi connectivity index (χ1n) is 5.88. The Morgan fingerprint density at radius 2 is 2.22 bits per heavy atom. The molecule has 98 valence electrons. The Balaban J connectivity index is 2.23. The summed E-state index contributed by atoms with van der Waals surface area (Å²) in [5, 5.41) is 3.88. The topological polar surface area (TPSA) is 32.3 Å². The van der Waals surface area contributed by atoms with E-state index in [1.165, 1.54) is 0 Å². The van der Waals surface area contributed by atoms with E-state index in [2.05, 4.69) is 35.1 Å². The number of piperazine rings is 1. The van der Waals surface area contributed by atoms with Crippen LogP contribution >= 0.6 is 27.5 Å². The van der Waals surface area contributed by atoms with Crippen LogP contribution in [0.5, 0.6) is 0 Å². The van der Waals surface area contributed by atoms with Gasteiger partial charge < -0.3 is 10.2 Å². The molecule has 1 N–H and O–H groups in total. The molecule has 5 heteroatoms. The van der Waals surface area contributed by atoms with E-state index in [9.17, 15) is 4.79 Å². The summed E-state index contributed by atoms with van der Waals surface area (Å²) in [4.78, 5) is 14.3. The second kappa shape index (κ2) is 5.19. The van der Waals surface area contributed by atoms with Gasteiger partial charge in [-0.05, 0) is 32.0 Å². The summed E-state index contributed by atoms with van der Waals surface area (Å²) in [6, 6.07) is 5.35. The molecule has 0 bridgehead atoms. The van der Waals surface area contributed by atoms with Crippen LogP contribution in [0.3, 0.4) is 0 Å². The van der Waals surface area contributed by atoms with Gasteiger partial charge in [-0.15, -0.1) is 0 Å². The van der Waals surface area contributed by atoms with Crippen molar-refractivity contribution in [2.24, 2.45) is 0 Å². The Bertz CT molecular complexity index is 476. The lowest BCUT2D eigenvalue weighted by atomic mass is 10.0. The second-order valence-electron chi connectivity index (χ2n) is 5.16. The standard InChI is InChI=1S/C13H16BrClN2O/c1-13(2)8-17(6-5-16-13)12(18)10-7-9(14)3-4-11(10)15/h3-4,7,16H,5-6,8H2,1-2H3. The third kappa shape index (κ3) is 3.05. The van der Waals surface area contributed by atoms with Crippen LogP contribution in [0.1, 0.15) is 24.2 Å². The van der Waals surface area contributed by atoms with Gasteiger partial charge in [0.1, 0.15) is 0 Å². The van der Waals surface area contributed by atoms with Crippen LogP contribution in [0.2, 0.25) is 5.02 Å². The van der Waals surface area contributed by atoms with Crippen LogP contribution in [0.15, 0.2) is 22.7 Å². The number of amides is 1. The zero-order valence-corrected chi connectivity index (χ0v) is 12.8. The Hall–Kier alpha value is -0.580. The van der Waals surface area contributed by atoms with Crippen molar-refractivity contribution in [3.8, 4) is 0 Å². The SMILES string of the molecule is CC1(C)CN(C(=O)c2cc(Br)ccc2Cl)CCN1. The number of carbonyl (C=O) groups excluding carboxylic acids is 1. The number of carbonyl (C=O) groups is 1. The molecule has 1 fully saturated rings. The van der Waals surface area contributed by atoms with E-state index in [0.717, 1.165) is 11.0 Å². The first-order chi connectivity index (χ1) is 8.39. The van der Waals surface area contributed by atoms with Gasteiger partial charge in [0.05, 0.1) is 10.6 Å². The van der Waals surface area contributed by atoms with Gasteiger partial charge in [0.25, 0.3) is 5.91 Å².